The van der Waals surface area contributed by atoms with E-state index in [1.807, 2.05) is 0 Å². The summed E-state index contributed by atoms with van der Waals surface area (Å²) in [4.78, 5) is 68.4. The maximum absolute atomic E-state index is 13.5. The van der Waals surface area contributed by atoms with Crippen LogP contribution >= 0.6 is 0 Å². The molecule has 0 aliphatic rings. The van der Waals surface area contributed by atoms with Gasteiger partial charge in [-0.15, -0.1) is 4.73 Å². The van der Waals surface area contributed by atoms with Crippen molar-refractivity contribution in [2.24, 2.45) is 5.92 Å². The molecule has 4 aromatic rings. The number of H-pyrrole nitrogens is 1. The monoisotopic (exact) mass is 575 g/mol. The molecular weight excluding hydrogens is 555 g/mol. The lowest BCUT2D eigenvalue weighted by Crippen LogP contribution is -2.41. The number of alkyl halides is 3. The van der Waals surface area contributed by atoms with Gasteiger partial charge in [-0.25, -0.2) is 14.8 Å². The zero-order valence-electron chi connectivity index (χ0n) is 21.1. The number of aromatic nitrogens is 5. The second kappa shape index (κ2) is 10.9. The minimum atomic E-state index is -5.30. The first-order valence-electron chi connectivity index (χ1n) is 11.6. The molecule has 0 atom stereocenters. The molecule has 4 N–H and O–H groups in total. The minimum Gasteiger partial charge on any atom is -0.492 e. The lowest BCUT2D eigenvalue weighted by Gasteiger charge is -2.23. The summed E-state index contributed by atoms with van der Waals surface area (Å²) in [7, 11) is 0. The maximum Gasteiger partial charge on any atom is 0.471 e. The number of carbonyl (C=O) groups is 3. The number of rotatable bonds is 7. The molecule has 4 rings (SSSR count). The van der Waals surface area contributed by atoms with E-state index < -0.39 is 53.7 Å². The zero-order valence-corrected chi connectivity index (χ0v) is 21.1. The Labute approximate surface area is 227 Å². The van der Waals surface area contributed by atoms with Crippen LogP contribution in [-0.2, 0) is 16.1 Å². The van der Waals surface area contributed by atoms with Crippen LogP contribution in [0.1, 0.15) is 29.9 Å². The summed E-state index contributed by atoms with van der Waals surface area (Å²) in [5, 5.41) is 21.6. The Morgan fingerprint density at radius 3 is 2.29 bits per heavy atom. The number of hydrogen-bond acceptors (Lipinski definition) is 10. The normalized spacial score (nSPS) is 11.5. The van der Waals surface area contributed by atoms with Crippen molar-refractivity contribution >= 4 is 40.6 Å². The summed E-state index contributed by atoms with van der Waals surface area (Å²) in [5.74, 6) is -5.56. The number of aromatic hydroxyl groups is 2. The zero-order chi connectivity index (χ0) is 30.1. The van der Waals surface area contributed by atoms with Crippen LogP contribution in [0.15, 0.2) is 47.4 Å². The van der Waals surface area contributed by atoms with E-state index in [0.29, 0.717) is 9.63 Å². The van der Waals surface area contributed by atoms with Gasteiger partial charge in [0.15, 0.2) is 11.2 Å². The highest BCUT2D eigenvalue weighted by Gasteiger charge is 2.43. The Bertz CT molecular complexity index is 1680. The molecule has 214 valence electrons. The van der Waals surface area contributed by atoms with Crippen molar-refractivity contribution in [3.8, 4) is 11.8 Å². The fourth-order valence-corrected chi connectivity index (χ4v) is 3.35. The van der Waals surface area contributed by atoms with Crippen LogP contribution in [0.5, 0.6) is 11.8 Å². The molecule has 0 fully saturated rings. The molecule has 3 heterocycles. The lowest BCUT2D eigenvalue weighted by molar-refractivity contribution is -0.170. The van der Waals surface area contributed by atoms with E-state index in [1.54, 1.807) is 13.8 Å². The Hall–Kier alpha value is -5.48. The van der Waals surface area contributed by atoms with E-state index in [9.17, 15) is 42.6 Å². The molecule has 0 bridgehead atoms. The van der Waals surface area contributed by atoms with Gasteiger partial charge in [-0.2, -0.15) is 18.2 Å². The van der Waals surface area contributed by atoms with E-state index in [2.05, 4.69) is 25.3 Å². The quantitative estimate of drug-likeness (QED) is 0.253. The average molecular weight is 575 g/mol. The van der Waals surface area contributed by atoms with Crippen LogP contribution < -0.4 is 20.6 Å². The van der Waals surface area contributed by atoms with E-state index in [-0.39, 0.29) is 34.1 Å². The number of halogens is 3. The summed E-state index contributed by atoms with van der Waals surface area (Å²) in [6, 6.07) is 6.27. The number of aromatic amines is 1. The number of nitrogens with one attached hydrogen (secondary N) is 2. The Morgan fingerprint density at radius 2 is 1.71 bits per heavy atom. The van der Waals surface area contributed by atoms with Gasteiger partial charge in [0.1, 0.15) is 0 Å². The van der Waals surface area contributed by atoms with Crippen molar-refractivity contribution in [1.29, 1.82) is 0 Å². The smallest absolute Gasteiger partial charge is 0.471 e. The largest absolute Gasteiger partial charge is 0.492 e. The molecule has 14 nitrogen and oxygen atoms in total. The molecule has 0 aliphatic heterocycles. The van der Waals surface area contributed by atoms with Crippen molar-refractivity contribution in [3.63, 3.8) is 0 Å². The second-order valence-electron chi connectivity index (χ2n) is 8.75. The summed E-state index contributed by atoms with van der Waals surface area (Å²) < 4.78 is 40.8. The van der Waals surface area contributed by atoms with E-state index in [0.717, 1.165) is 42.6 Å². The van der Waals surface area contributed by atoms with E-state index in [1.165, 1.54) is 0 Å². The van der Waals surface area contributed by atoms with Crippen LogP contribution in [0.2, 0.25) is 0 Å². The number of fused-ring (bicyclic) bond motifs is 1. The molecule has 0 saturated heterocycles. The average Bonchev–Trinajstić information content (AvgIpc) is 3.23. The number of carbonyl (C=O) groups excluding carboxylic acids is 3. The highest BCUT2D eigenvalue weighted by molar-refractivity contribution is 5.98. The van der Waals surface area contributed by atoms with Gasteiger partial charge in [-0.1, -0.05) is 13.8 Å². The minimum absolute atomic E-state index is 0.191. The topological polar surface area (TPSA) is 193 Å². The number of benzene rings is 1. The maximum atomic E-state index is 13.5. The second-order valence-corrected chi connectivity index (χ2v) is 8.75. The first-order chi connectivity index (χ1) is 19.2. The molecule has 0 aliphatic carbocycles. The lowest BCUT2D eigenvalue weighted by atomic mass is 10.2. The van der Waals surface area contributed by atoms with E-state index >= 15 is 0 Å². The Morgan fingerprint density at radius 1 is 1.07 bits per heavy atom. The Kier molecular flexibility index (Phi) is 7.62. The highest BCUT2D eigenvalue weighted by Crippen LogP contribution is 2.26. The van der Waals surface area contributed by atoms with Gasteiger partial charge < -0.3 is 15.1 Å². The molecule has 3 aromatic heterocycles. The molecule has 0 radical (unpaired) electrons. The van der Waals surface area contributed by atoms with Crippen molar-refractivity contribution < 1.29 is 42.6 Å². The molecule has 0 saturated carbocycles. The molecule has 0 spiro atoms. The first kappa shape index (κ1) is 28.5. The van der Waals surface area contributed by atoms with Crippen LogP contribution in [-0.4, -0.2) is 58.8 Å². The summed E-state index contributed by atoms with van der Waals surface area (Å²) >= 11 is 0. The van der Waals surface area contributed by atoms with Gasteiger partial charge in [0, 0.05) is 23.7 Å². The number of anilines is 2. The van der Waals surface area contributed by atoms with Gasteiger partial charge in [-0.3, -0.25) is 29.6 Å². The Balaban J connectivity index is 1.61. The van der Waals surface area contributed by atoms with E-state index in [4.69, 9.17) is 4.84 Å². The van der Waals surface area contributed by atoms with Gasteiger partial charge in [0.25, 0.3) is 5.56 Å². The van der Waals surface area contributed by atoms with Crippen LogP contribution in [0.4, 0.5) is 24.8 Å². The third-order valence-electron chi connectivity index (χ3n) is 5.43. The van der Waals surface area contributed by atoms with Gasteiger partial charge in [-0.05, 0) is 24.3 Å². The third kappa shape index (κ3) is 6.23. The number of hydrogen-bond donors (Lipinski definition) is 4. The summed E-state index contributed by atoms with van der Waals surface area (Å²) in [5.41, 5.74) is -2.07. The SMILES string of the molecule is CC(C)C(=O)Nc1nc2ncc(CN(C(=O)C(F)(F)F)c3ccc(C(=O)On4c(O)ccc4O)cc3)nc2c(=O)[nH]1. The van der Waals surface area contributed by atoms with Crippen LogP contribution in [0.25, 0.3) is 11.2 Å². The molecule has 1 aromatic carbocycles. The predicted molar refractivity (Wildman–Crippen MR) is 134 cm³/mol. The molecule has 41 heavy (non-hydrogen) atoms. The number of nitrogens with zero attached hydrogens (tertiary/aromatic N) is 5. The molecule has 17 heteroatoms. The van der Waals surface area contributed by atoms with Gasteiger partial charge >= 0.3 is 18.1 Å². The summed E-state index contributed by atoms with van der Waals surface area (Å²) in [6.45, 7) is 2.46. The first-order valence-corrected chi connectivity index (χ1v) is 11.6. The molecule has 0 unspecified atom stereocenters. The van der Waals surface area contributed by atoms with Crippen molar-refractivity contribution in [2.45, 2.75) is 26.6 Å². The summed E-state index contributed by atoms with van der Waals surface area (Å²) in [6.07, 6.45) is -4.28. The predicted octanol–water partition coefficient (Wildman–Crippen LogP) is 1.88. The van der Waals surface area contributed by atoms with Crippen molar-refractivity contribution in [1.82, 2.24) is 24.7 Å². The fourth-order valence-electron chi connectivity index (χ4n) is 3.35. The van der Waals surface area contributed by atoms with Gasteiger partial charge in [0.05, 0.1) is 24.0 Å². The molecule has 2 amide bonds. The standard InChI is InChI=1S/C24H20F3N7O7/c1-11(2)19(37)31-23-30-18-17(20(38)32-23)29-13(9-28-18)10-33(22(40)24(25,26)27)14-5-3-12(4-6-14)21(39)41-34-15(35)7-8-16(34)36/h3-9,11,35-36H,10H2,1-2H3,(H2,28,30,31,32,37,38). The number of amides is 2. The van der Waals surface area contributed by atoms with Crippen LogP contribution in [0.3, 0.4) is 0 Å². The molecular formula is C24H20F3N7O7. The van der Waals surface area contributed by atoms with Crippen molar-refractivity contribution in [2.75, 3.05) is 10.2 Å². The van der Waals surface area contributed by atoms with Gasteiger partial charge in [0.2, 0.25) is 23.6 Å². The van der Waals surface area contributed by atoms with Crippen LogP contribution in [0, 0.1) is 5.92 Å². The highest BCUT2D eigenvalue weighted by atomic mass is 19.4. The van der Waals surface area contributed by atoms with Crippen molar-refractivity contribution in [3.05, 3.63) is 64.2 Å². The third-order valence-corrected chi connectivity index (χ3v) is 5.43. The fraction of sp³-hybridized carbons (Fsp3) is 0.208.